The number of amides is 2. The van der Waals surface area contributed by atoms with Gasteiger partial charge in [-0.2, -0.15) is 5.26 Å². The number of benzene rings is 2. The number of carbonyl (C=O) groups excluding carboxylic acids is 3. The molecule has 2 aromatic rings. The number of nitriles is 1. The molecule has 1 atom stereocenters. The van der Waals surface area contributed by atoms with E-state index >= 15 is 0 Å². The molecule has 3 rings (SSSR count). The van der Waals surface area contributed by atoms with E-state index in [0.29, 0.717) is 21.9 Å². The molecule has 0 fully saturated rings. The molecule has 32 heavy (non-hydrogen) atoms. The van der Waals surface area contributed by atoms with Crippen LogP contribution in [0.2, 0.25) is 0 Å². The summed E-state index contributed by atoms with van der Waals surface area (Å²) >= 11 is 1.12. The molecule has 8 heteroatoms. The van der Waals surface area contributed by atoms with Gasteiger partial charge in [0.2, 0.25) is 11.8 Å². The van der Waals surface area contributed by atoms with E-state index in [1.807, 2.05) is 32.0 Å². The molecule has 7 nitrogen and oxygen atoms in total. The molecule has 0 bridgehead atoms. The lowest BCUT2D eigenvalue weighted by molar-refractivity contribution is -0.121. The topological polar surface area (TPSA) is 108 Å². The third-order valence-electron chi connectivity index (χ3n) is 5.23. The van der Waals surface area contributed by atoms with Crippen molar-refractivity contribution in [2.45, 2.75) is 26.2 Å². The van der Waals surface area contributed by atoms with Gasteiger partial charge in [0, 0.05) is 18.0 Å². The summed E-state index contributed by atoms with van der Waals surface area (Å²) in [6.45, 7) is 3.97. The van der Waals surface area contributed by atoms with Gasteiger partial charge >= 0.3 is 5.97 Å². The van der Waals surface area contributed by atoms with E-state index in [1.54, 1.807) is 24.3 Å². The lowest BCUT2D eigenvalue weighted by Gasteiger charge is -2.25. The summed E-state index contributed by atoms with van der Waals surface area (Å²) in [7, 11) is 1.30. The normalized spacial score (nSPS) is 15.6. The summed E-state index contributed by atoms with van der Waals surface area (Å²) in [5.74, 6) is -1.34. The average Bonchev–Trinajstić information content (AvgIpc) is 2.79. The minimum Gasteiger partial charge on any atom is -0.465 e. The van der Waals surface area contributed by atoms with Crippen LogP contribution in [0.3, 0.4) is 0 Å². The summed E-state index contributed by atoms with van der Waals surface area (Å²) in [5, 5.41) is 15.7. The number of hydrogen-bond acceptors (Lipinski definition) is 6. The maximum Gasteiger partial charge on any atom is 0.337 e. The van der Waals surface area contributed by atoms with Crippen LogP contribution in [-0.4, -0.2) is 30.6 Å². The number of aryl methyl sites for hydroxylation is 2. The van der Waals surface area contributed by atoms with Crippen LogP contribution in [0.1, 0.15) is 39.4 Å². The number of thioether (sulfide) groups is 1. The van der Waals surface area contributed by atoms with E-state index in [9.17, 15) is 19.6 Å². The van der Waals surface area contributed by atoms with Crippen LogP contribution >= 0.6 is 11.8 Å². The number of esters is 1. The van der Waals surface area contributed by atoms with Gasteiger partial charge in [0.05, 0.1) is 35.1 Å². The van der Waals surface area contributed by atoms with Crippen LogP contribution in [0, 0.1) is 25.2 Å². The van der Waals surface area contributed by atoms with Gasteiger partial charge in [-0.3, -0.25) is 9.59 Å². The van der Waals surface area contributed by atoms with E-state index in [1.165, 1.54) is 7.11 Å². The van der Waals surface area contributed by atoms with Gasteiger partial charge in [-0.1, -0.05) is 30.0 Å². The molecule has 0 spiro atoms. The smallest absolute Gasteiger partial charge is 0.337 e. The van der Waals surface area contributed by atoms with Crippen LogP contribution in [0.25, 0.3) is 0 Å². The first-order valence-corrected chi connectivity index (χ1v) is 10.9. The van der Waals surface area contributed by atoms with Crippen LogP contribution in [0.15, 0.2) is 53.1 Å². The molecule has 0 saturated carbocycles. The van der Waals surface area contributed by atoms with Crippen molar-refractivity contribution >= 4 is 35.2 Å². The Kier molecular flexibility index (Phi) is 7.33. The standard InChI is InChI=1S/C24H23N3O4S/c1-14-4-9-18(10-15(14)2)26-22(29)13-32-23-20(12-25)19(11-21(28)27-23)16-5-7-17(8-6-16)24(30)31-3/h4-10,19H,11,13H2,1-3H3,(H,26,29)(H,27,28)/t19-/m1/s1. The van der Waals surface area contributed by atoms with Gasteiger partial charge in [-0.05, 0) is 54.8 Å². The van der Waals surface area contributed by atoms with Crippen molar-refractivity contribution < 1.29 is 19.1 Å². The number of methoxy groups -OCH3 is 1. The summed E-state index contributed by atoms with van der Waals surface area (Å²) in [6.07, 6.45) is 0.110. The molecule has 0 saturated heterocycles. The summed E-state index contributed by atoms with van der Waals surface area (Å²) in [6, 6.07) is 14.5. The highest BCUT2D eigenvalue weighted by Crippen LogP contribution is 2.36. The van der Waals surface area contributed by atoms with Crippen LogP contribution in [0.5, 0.6) is 0 Å². The van der Waals surface area contributed by atoms with E-state index in [4.69, 9.17) is 4.74 Å². The lowest BCUT2D eigenvalue weighted by atomic mass is 9.87. The largest absolute Gasteiger partial charge is 0.465 e. The second kappa shape index (κ2) is 10.2. The Hall–Kier alpha value is -3.57. The van der Waals surface area contributed by atoms with Crippen molar-refractivity contribution in [2.24, 2.45) is 0 Å². The van der Waals surface area contributed by atoms with Gasteiger partial charge in [-0.15, -0.1) is 0 Å². The minimum atomic E-state index is -0.458. The van der Waals surface area contributed by atoms with Crippen LogP contribution in [-0.2, 0) is 14.3 Å². The van der Waals surface area contributed by atoms with Crippen LogP contribution < -0.4 is 10.6 Å². The fourth-order valence-corrected chi connectivity index (χ4v) is 4.22. The monoisotopic (exact) mass is 449 g/mol. The Morgan fingerprint density at radius 3 is 2.53 bits per heavy atom. The first-order valence-electron chi connectivity index (χ1n) is 9.94. The molecule has 164 valence electrons. The second-order valence-corrected chi connectivity index (χ2v) is 8.39. The molecule has 0 radical (unpaired) electrons. The first kappa shape index (κ1) is 23.1. The Morgan fingerprint density at radius 1 is 1.19 bits per heavy atom. The van der Waals surface area contributed by atoms with Gasteiger partial charge in [0.25, 0.3) is 0 Å². The van der Waals surface area contributed by atoms with Gasteiger partial charge in [-0.25, -0.2) is 4.79 Å². The SMILES string of the molecule is COC(=O)c1ccc([C@H]2CC(=O)NC(SCC(=O)Nc3ccc(C)c(C)c3)=C2C#N)cc1. The molecule has 1 aliphatic rings. The van der Waals surface area contributed by atoms with Gasteiger partial charge in [0.15, 0.2) is 0 Å². The predicted molar refractivity (Wildman–Crippen MR) is 123 cm³/mol. The average molecular weight is 450 g/mol. The number of ether oxygens (including phenoxy) is 1. The Morgan fingerprint density at radius 2 is 1.91 bits per heavy atom. The molecule has 1 heterocycles. The van der Waals surface area contributed by atoms with Crippen molar-refractivity contribution in [2.75, 3.05) is 18.2 Å². The molecule has 2 amide bonds. The van der Waals surface area contributed by atoms with Crippen molar-refractivity contribution in [1.29, 1.82) is 5.26 Å². The van der Waals surface area contributed by atoms with Gasteiger partial charge < -0.3 is 15.4 Å². The highest BCUT2D eigenvalue weighted by atomic mass is 32.2. The number of hydrogen-bond donors (Lipinski definition) is 2. The van der Waals surface area contributed by atoms with Gasteiger partial charge in [0.1, 0.15) is 0 Å². The quantitative estimate of drug-likeness (QED) is 0.650. The third-order valence-corrected chi connectivity index (χ3v) is 6.25. The molecule has 2 aromatic carbocycles. The molecule has 0 unspecified atom stereocenters. The van der Waals surface area contributed by atoms with Crippen molar-refractivity contribution in [3.8, 4) is 6.07 Å². The molecular weight excluding hydrogens is 426 g/mol. The fraction of sp³-hybridized carbons (Fsp3) is 0.250. The third kappa shape index (κ3) is 5.37. The molecule has 0 aromatic heterocycles. The zero-order valence-corrected chi connectivity index (χ0v) is 18.8. The highest BCUT2D eigenvalue weighted by Gasteiger charge is 2.30. The van der Waals surface area contributed by atoms with E-state index in [2.05, 4.69) is 16.7 Å². The van der Waals surface area contributed by atoms with E-state index in [0.717, 1.165) is 28.5 Å². The summed E-state index contributed by atoms with van der Waals surface area (Å²) < 4.78 is 4.70. The second-order valence-electron chi connectivity index (χ2n) is 7.41. The van der Waals surface area contributed by atoms with Crippen molar-refractivity contribution in [3.05, 3.63) is 75.3 Å². The fourth-order valence-electron chi connectivity index (χ4n) is 3.34. The van der Waals surface area contributed by atoms with Crippen molar-refractivity contribution in [3.63, 3.8) is 0 Å². The van der Waals surface area contributed by atoms with Crippen LogP contribution in [0.4, 0.5) is 5.69 Å². The number of rotatable bonds is 6. The van der Waals surface area contributed by atoms with Crippen molar-refractivity contribution in [1.82, 2.24) is 5.32 Å². The lowest BCUT2D eigenvalue weighted by Crippen LogP contribution is -2.31. The predicted octanol–water partition coefficient (Wildman–Crippen LogP) is 3.80. The molecular formula is C24H23N3O4S. The molecule has 2 N–H and O–H groups in total. The minimum absolute atomic E-state index is 0.0434. The molecule has 0 aliphatic carbocycles. The Bertz CT molecular complexity index is 1130. The van der Waals surface area contributed by atoms with E-state index in [-0.39, 0.29) is 24.0 Å². The first-order chi connectivity index (χ1) is 15.3. The Balaban J connectivity index is 1.75. The number of allylic oxidation sites excluding steroid dienone is 1. The number of carbonyl (C=O) groups is 3. The maximum atomic E-state index is 12.4. The number of nitrogens with one attached hydrogen (secondary N) is 2. The zero-order valence-electron chi connectivity index (χ0n) is 18.0. The maximum absolute atomic E-state index is 12.4. The molecule has 1 aliphatic heterocycles. The van der Waals surface area contributed by atoms with E-state index < -0.39 is 11.9 Å². The number of nitrogens with zero attached hydrogens (tertiary/aromatic N) is 1. The summed E-state index contributed by atoms with van der Waals surface area (Å²) in [4.78, 5) is 36.4. The highest BCUT2D eigenvalue weighted by molar-refractivity contribution is 8.03. The number of anilines is 1. The Labute approximate surface area is 190 Å². The summed E-state index contributed by atoms with van der Waals surface area (Å²) in [5.41, 5.74) is 4.42. The zero-order chi connectivity index (χ0) is 23.3.